The second-order valence-electron chi connectivity index (χ2n) is 37.8. The SMILES string of the molecule is C/C=C(/C)c1ccc(C2=[N+]([O-])C(C)(C)C(C)(C)N2[O-])cc1.C/C=C(/C)c1ccc(N([O-])C(C)(C)C)cc1.CCC(C)(C)C(=O)OC1CC(C)(C)N([O-])C(C)(C)C1.CCC(C)OC1CC(C)(C)N([O-])C(C)(C)C1.CCC(C)c1ccc(C2=[N+]([O-])C(C)(C)C(C)(C)N2[O-])cc1.CCC(C)c1ccc(N([O-])C(C)(C)C)cc1. The molecule has 2 saturated heterocycles. The lowest BCUT2D eigenvalue weighted by Gasteiger charge is -2.59. The van der Waals surface area contributed by atoms with Gasteiger partial charge in [-0.05, 0) is 333 Å². The minimum Gasteiger partial charge on any atom is -0.784 e. The highest BCUT2D eigenvalue weighted by Gasteiger charge is 2.56. The van der Waals surface area contributed by atoms with E-state index in [2.05, 4.69) is 66.7 Å². The van der Waals surface area contributed by atoms with Crippen LogP contribution in [-0.2, 0) is 14.3 Å². The average Bonchev–Trinajstić information content (AvgIpc) is 1.58. The van der Waals surface area contributed by atoms with E-state index < -0.39 is 44.2 Å². The van der Waals surface area contributed by atoms with Gasteiger partial charge in [0, 0.05) is 57.4 Å². The molecule has 109 heavy (non-hydrogen) atoms. The molecule has 0 aliphatic carbocycles. The third kappa shape index (κ3) is 23.6. The Balaban J connectivity index is 0.000000341. The number of anilines is 2. The molecule has 3 atom stereocenters. The van der Waals surface area contributed by atoms with Crippen LogP contribution in [0.5, 0.6) is 0 Å². The van der Waals surface area contributed by atoms with Gasteiger partial charge in [-0.3, -0.25) is 24.4 Å². The number of hydrogen-bond acceptors (Lipinski definition) is 17. The number of ether oxygens (including phenoxy) is 2. The number of piperidine rings is 2. The maximum Gasteiger partial charge on any atom is 0.311 e. The van der Waals surface area contributed by atoms with Crippen molar-refractivity contribution >= 4 is 40.2 Å². The van der Waals surface area contributed by atoms with E-state index in [4.69, 9.17) is 9.47 Å². The fourth-order valence-corrected chi connectivity index (χ4v) is 13.3. The van der Waals surface area contributed by atoms with E-state index in [-0.39, 0.29) is 52.6 Å². The van der Waals surface area contributed by atoms with Gasteiger partial charge in [-0.25, -0.2) is 0 Å². The highest BCUT2D eigenvalue weighted by molar-refractivity contribution is 5.98. The summed E-state index contributed by atoms with van der Waals surface area (Å²) in [6, 6.07) is 31.0. The molecule has 8 rings (SSSR count). The summed E-state index contributed by atoms with van der Waals surface area (Å²) in [7, 11) is 0. The normalized spacial score (nSPS) is 20.4. The molecule has 4 heterocycles. The second-order valence-corrected chi connectivity index (χ2v) is 37.8. The van der Waals surface area contributed by atoms with Crippen LogP contribution in [0.4, 0.5) is 11.4 Å². The first-order chi connectivity index (χ1) is 49.6. The number of esters is 1. The van der Waals surface area contributed by atoms with Gasteiger partial charge in [0.2, 0.25) is 0 Å². The topological polar surface area (TPSA) is 245 Å². The molecule has 0 aromatic heterocycles. The summed E-state index contributed by atoms with van der Waals surface area (Å²) < 4.78 is 13.4. The first-order valence-electron chi connectivity index (χ1n) is 39.7. The third-order valence-corrected chi connectivity index (χ3v) is 23.5. The van der Waals surface area contributed by atoms with Crippen molar-refractivity contribution in [1.29, 1.82) is 0 Å². The van der Waals surface area contributed by atoms with E-state index in [0.29, 0.717) is 41.5 Å². The van der Waals surface area contributed by atoms with Crippen LogP contribution in [0.15, 0.2) is 109 Å². The molecule has 2 fully saturated rings. The van der Waals surface area contributed by atoms with Crippen molar-refractivity contribution in [1.82, 2.24) is 20.3 Å². The quantitative estimate of drug-likeness (QED) is 0.0438. The van der Waals surface area contributed by atoms with Gasteiger partial charge in [0.25, 0.3) is 11.7 Å². The van der Waals surface area contributed by atoms with E-state index in [0.717, 1.165) is 95.7 Å². The standard InChI is InChI=1S/C17H25N2O2.C17H23N2O2.C15H28NO3.C14H22NO.C14H20NO.C13H26NO2/c2*1-7-12(2)13-8-10-14(11-9-13)15-18(20)16(3,4)17(5,6)19(15)21;1-8-13(2,3)12(17)19-11-9-14(4,5)16(18)15(6,7)10-11;2*1-6-11(2)12-7-9-13(10-8-12)15(16)14(3,4)5;1-7-10(2)16-11-8-12(3,4)14(15)13(5,6)9-11/h8-12H,7H2,1-6H3;7-11H,1-6H3;11H,8-10H2,1-7H3;7-11H,6H2,1-5H3;6-10H,1-5H3;10-11H,7-9H2,1-6H3/q6*-1/b;12-7-;;;11-6-;. The van der Waals surface area contributed by atoms with Crippen molar-refractivity contribution in [3.63, 3.8) is 0 Å². The fraction of sp³-hybridized carbons (Fsp3) is 0.656. The van der Waals surface area contributed by atoms with Crippen LogP contribution in [-0.4, -0.2) is 121 Å². The van der Waals surface area contributed by atoms with E-state index in [1.54, 1.807) is 27.7 Å². The summed E-state index contributed by atoms with van der Waals surface area (Å²) >= 11 is 0. The zero-order chi connectivity index (χ0) is 84.3. The zero-order valence-corrected chi connectivity index (χ0v) is 74.0. The van der Waals surface area contributed by atoms with E-state index >= 15 is 0 Å². The van der Waals surface area contributed by atoms with Gasteiger partial charge in [0.15, 0.2) is 0 Å². The first kappa shape index (κ1) is 96.8. The van der Waals surface area contributed by atoms with Crippen molar-refractivity contribution in [3.8, 4) is 0 Å². The van der Waals surface area contributed by atoms with Crippen molar-refractivity contribution in [2.45, 2.75) is 379 Å². The number of amidine groups is 2. The third-order valence-electron chi connectivity index (χ3n) is 23.5. The average molecular weight is 1510 g/mol. The maximum atomic E-state index is 12.6. The molecule has 4 aromatic rings. The summed E-state index contributed by atoms with van der Waals surface area (Å²) in [4.78, 5) is 12.2. The Labute approximate surface area is 659 Å². The Morgan fingerprint density at radius 2 is 0.771 bits per heavy atom. The molecule has 19 nitrogen and oxygen atoms in total. The van der Waals surface area contributed by atoms with Gasteiger partial charge in [0.05, 0.1) is 28.7 Å². The van der Waals surface area contributed by atoms with Gasteiger partial charge >= 0.3 is 5.97 Å². The van der Waals surface area contributed by atoms with Crippen LogP contribution >= 0.6 is 0 Å². The molecule has 0 bridgehead atoms. The summed E-state index contributed by atoms with van der Waals surface area (Å²) in [6.45, 7) is 68.4. The molecule has 0 spiro atoms. The summed E-state index contributed by atoms with van der Waals surface area (Å²) in [5.41, 5.74) is 4.02. The van der Waals surface area contributed by atoms with Crippen molar-refractivity contribution in [2.75, 3.05) is 10.1 Å². The second kappa shape index (κ2) is 37.5. The van der Waals surface area contributed by atoms with E-state index in [1.165, 1.54) is 21.8 Å². The lowest BCUT2D eigenvalue weighted by molar-refractivity contribution is -0.539. The molecular weight excluding hydrogens is 1370 g/mol. The molecule has 4 aromatic carbocycles. The van der Waals surface area contributed by atoms with Crippen LogP contribution < -0.4 is 10.1 Å². The molecule has 4 aliphatic heterocycles. The number of rotatable bonds is 16. The number of allylic oxidation sites excluding steroid dienone is 4. The van der Waals surface area contributed by atoms with E-state index in [9.17, 15) is 46.5 Å². The lowest BCUT2D eigenvalue weighted by atomic mass is 9.80. The van der Waals surface area contributed by atoms with Crippen LogP contribution in [0.1, 0.15) is 339 Å². The minimum atomic E-state index is -0.776. The number of hydroxylamine groups is 12. The highest BCUT2D eigenvalue weighted by atomic mass is 16.6. The number of benzene rings is 4. The van der Waals surface area contributed by atoms with Gasteiger partial charge in [-0.2, -0.15) is 0 Å². The highest BCUT2D eigenvalue weighted by Crippen LogP contribution is 2.43. The maximum absolute atomic E-state index is 12.6. The molecular formula is C90H144N8O11-6. The molecule has 0 amide bonds. The van der Waals surface area contributed by atoms with Crippen LogP contribution in [0.2, 0.25) is 0 Å². The fourth-order valence-electron chi connectivity index (χ4n) is 13.3. The number of carbonyl (C=O) groups is 1. The summed E-state index contributed by atoms with van der Waals surface area (Å²) in [5.74, 6) is 1.28. The van der Waals surface area contributed by atoms with Crippen molar-refractivity contribution in [2.24, 2.45) is 5.41 Å². The molecule has 3 unspecified atom stereocenters. The molecule has 0 N–H and O–H groups in total. The monoisotopic (exact) mass is 1510 g/mol. The Hall–Kier alpha value is -6.39. The smallest absolute Gasteiger partial charge is 0.311 e. The van der Waals surface area contributed by atoms with Gasteiger partial charge in [-0.15, -0.1) is 0 Å². The Morgan fingerprint density at radius 3 is 1.04 bits per heavy atom. The molecule has 19 heteroatoms. The van der Waals surface area contributed by atoms with Crippen molar-refractivity contribution in [3.05, 3.63) is 184 Å². The van der Waals surface area contributed by atoms with Gasteiger partial charge in [-0.1, -0.05) is 102 Å². The Morgan fingerprint density at radius 1 is 0.486 bits per heavy atom. The first-order valence-corrected chi connectivity index (χ1v) is 39.7. The minimum absolute atomic E-state index is 0.161. The number of hydrogen-bond donors (Lipinski definition) is 0. The summed E-state index contributed by atoms with van der Waals surface area (Å²) in [6.07, 6.45) is 11.2. The molecule has 0 radical (unpaired) electrons. The van der Waals surface area contributed by atoms with Gasteiger partial charge in [0.1, 0.15) is 28.3 Å². The lowest BCUT2D eigenvalue weighted by Crippen LogP contribution is -2.59. The van der Waals surface area contributed by atoms with Gasteiger partial charge < -0.3 is 71.4 Å². The number of carbonyl (C=O) groups excluding carboxylic acids is 1. The van der Waals surface area contributed by atoms with Crippen molar-refractivity contribution < 1.29 is 23.7 Å². The van der Waals surface area contributed by atoms with E-state index in [1.807, 2.05) is 257 Å². The Bertz CT molecular complexity index is 3630. The predicted octanol–water partition coefficient (Wildman–Crippen LogP) is 22.9. The largest absolute Gasteiger partial charge is 0.784 e. The zero-order valence-electron chi connectivity index (χ0n) is 74.0. The van der Waals surface area contributed by atoms with Crippen LogP contribution in [0.3, 0.4) is 0 Å². The molecule has 4 aliphatic rings. The molecule has 0 saturated carbocycles. The Kier molecular flexibility index (Phi) is 33.3. The number of nitrogens with zero attached hydrogens (tertiary/aromatic N) is 8. The molecule has 616 valence electrons. The predicted molar refractivity (Wildman–Crippen MR) is 459 cm³/mol. The van der Waals surface area contributed by atoms with Crippen LogP contribution in [0, 0.1) is 47.1 Å². The van der Waals surface area contributed by atoms with Crippen LogP contribution in [0.25, 0.3) is 11.1 Å². The summed E-state index contributed by atoms with van der Waals surface area (Å²) in [5, 5.41) is 105.